The van der Waals surface area contributed by atoms with Gasteiger partial charge in [0.05, 0.1) is 12.1 Å². The number of carbonyl (C=O) groups excluding carboxylic acids is 1. The number of amides is 1. The Labute approximate surface area is 138 Å². The van der Waals surface area contributed by atoms with Gasteiger partial charge in [-0.15, -0.1) is 0 Å². The van der Waals surface area contributed by atoms with Crippen molar-refractivity contribution in [3.8, 4) is 0 Å². The number of hydrogen-bond acceptors (Lipinski definition) is 3. The summed E-state index contributed by atoms with van der Waals surface area (Å²) < 4.78 is 50.3. The average Bonchev–Trinajstić information content (AvgIpc) is 2.49. The number of nitrogens with zero attached hydrogens (tertiary/aromatic N) is 1. The minimum Gasteiger partial charge on any atom is -0.382 e. The van der Waals surface area contributed by atoms with Gasteiger partial charge in [0.15, 0.2) is 0 Å². The maximum Gasteiger partial charge on any atom is 0.390 e. The van der Waals surface area contributed by atoms with Gasteiger partial charge in [-0.3, -0.25) is 4.79 Å². The Balaban J connectivity index is 1.84. The normalized spacial score (nSPS) is 16.9. The third-order valence-electron chi connectivity index (χ3n) is 3.95. The molecule has 1 heterocycles. The van der Waals surface area contributed by atoms with E-state index >= 15 is 0 Å². The highest BCUT2D eigenvalue weighted by Gasteiger charge is 2.29. The summed E-state index contributed by atoms with van der Waals surface area (Å²) in [5.41, 5.74) is 0.781. The van der Waals surface area contributed by atoms with Crippen LogP contribution in [0.1, 0.15) is 26.2 Å². The van der Waals surface area contributed by atoms with Crippen LogP contribution in [0.5, 0.6) is 0 Å². The smallest absolute Gasteiger partial charge is 0.382 e. The summed E-state index contributed by atoms with van der Waals surface area (Å²) in [6.45, 7) is 2.51. The molecule has 1 saturated heterocycles. The van der Waals surface area contributed by atoms with Gasteiger partial charge >= 0.3 is 6.18 Å². The first-order valence-corrected chi connectivity index (χ1v) is 7.86. The molecule has 1 amide bonds. The maximum atomic E-state index is 13.6. The number of likely N-dealkylation sites (tertiary alicyclic amines) is 1. The minimum atomic E-state index is -4.12. The maximum absolute atomic E-state index is 13.6. The van der Waals surface area contributed by atoms with Gasteiger partial charge in [0.25, 0.3) is 0 Å². The van der Waals surface area contributed by atoms with Gasteiger partial charge in [-0.1, -0.05) is 0 Å². The van der Waals surface area contributed by atoms with E-state index < -0.39 is 18.4 Å². The third kappa shape index (κ3) is 5.99. The Kier molecular flexibility index (Phi) is 6.04. The lowest BCUT2D eigenvalue weighted by Gasteiger charge is -2.33. The molecule has 8 heteroatoms. The molecular formula is C16H21F4N3O. The molecule has 1 fully saturated rings. The highest BCUT2D eigenvalue weighted by atomic mass is 19.4. The van der Waals surface area contributed by atoms with E-state index in [4.69, 9.17) is 0 Å². The molecule has 2 rings (SSSR count). The monoisotopic (exact) mass is 347 g/mol. The van der Waals surface area contributed by atoms with Gasteiger partial charge in [0.2, 0.25) is 5.91 Å². The number of rotatable bonds is 5. The largest absolute Gasteiger partial charge is 0.390 e. The number of nitrogens with one attached hydrogen (secondary N) is 2. The predicted molar refractivity (Wildman–Crippen MR) is 84.5 cm³/mol. The number of piperidine rings is 1. The summed E-state index contributed by atoms with van der Waals surface area (Å²) in [4.78, 5) is 12.9. The summed E-state index contributed by atoms with van der Waals surface area (Å²) in [7, 11) is 0. The molecule has 1 aliphatic heterocycles. The second-order valence-electron chi connectivity index (χ2n) is 6.00. The van der Waals surface area contributed by atoms with Gasteiger partial charge in [-0.25, -0.2) is 4.39 Å². The van der Waals surface area contributed by atoms with E-state index in [2.05, 4.69) is 10.6 Å². The highest BCUT2D eigenvalue weighted by molar-refractivity contribution is 5.89. The number of halogens is 4. The van der Waals surface area contributed by atoms with E-state index in [0.717, 1.165) is 0 Å². The van der Waals surface area contributed by atoms with Crippen molar-refractivity contribution in [2.24, 2.45) is 0 Å². The zero-order valence-electron chi connectivity index (χ0n) is 13.4. The molecule has 0 spiro atoms. The van der Waals surface area contributed by atoms with Gasteiger partial charge in [-0.2, -0.15) is 13.2 Å². The van der Waals surface area contributed by atoms with Crippen LogP contribution in [-0.2, 0) is 4.79 Å². The van der Waals surface area contributed by atoms with E-state index in [0.29, 0.717) is 31.6 Å². The molecule has 0 unspecified atom stereocenters. The fourth-order valence-corrected chi connectivity index (χ4v) is 2.72. The zero-order valence-corrected chi connectivity index (χ0v) is 13.4. The molecular weight excluding hydrogens is 326 g/mol. The zero-order chi connectivity index (χ0) is 17.7. The third-order valence-corrected chi connectivity index (χ3v) is 3.95. The lowest BCUT2D eigenvalue weighted by Crippen LogP contribution is -2.40. The van der Waals surface area contributed by atoms with Crippen LogP contribution in [-0.4, -0.2) is 42.7 Å². The fraction of sp³-hybridized carbons (Fsp3) is 0.562. The Morgan fingerprint density at radius 1 is 1.29 bits per heavy atom. The summed E-state index contributed by atoms with van der Waals surface area (Å²) in [6, 6.07) is 4.48. The Hall–Kier alpha value is -1.83. The first-order valence-electron chi connectivity index (χ1n) is 7.86. The average molecular weight is 347 g/mol. The molecule has 1 aromatic carbocycles. The van der Waals surface area contributed by atoms with E-state index in [9.17, 15) is 22.4 Å². The number of alkyl halides is 3. The van der Waals surface area contributed by atoms with Crippen LogP contribution in [0.4, 0.5) is 28.9 Å². The number of carbonyl (C=O) groups is 1. The van der Waals surface area contributed by atoms with Crippen LogP contribution in [0.25, 0.3) is 0 Å². The van der Waals surface area contributed by atoms with Crippen molar-refractivity contribution in [2.45, 2.75) is 38.4 Å². The minimum absolute atomic E-state index is 0.0272. The molecule has 0 aliphatic carbocycles. The van der Waals surface area contributed by atoms with Crippen molar-refractivity contribution >= 4 is 17.3 Å². The van der Waals surface area contributed by atoms with Crippen LogP contribution in [0, 0.1) is 5.82 Å². The summed E-state index contributed by atoms with van der Waals surface area (Å²) in [5, 5.41) is 5.67. The number of anilines is 2. The van der Waals surface area contributed by atoms with Crippen LogP contribution < -0.4 is 10.6 Å². The van der Waals surface area contributed by atoms with Gasteiger partial charge in [0.1, 0.15) is 5.82 Å². The lowest BCUT2D eigenvalue weighted by atomic mass is 10.0. The lowest BCUT2D eigenvalue weighted by molar-refractivity contribution is -0.138. The first-order chi connectivity index (χ1) is 11.2. The van der Waals surface area contributed by atoms with Crippen LogP contribution in [0.15, 0.2) is 18.2 Å². The number of benzene rings is 1. The van der Waals surface area contributed by atoms with Gasteiger partial charge < -0.3 is 15.5 Å². The summed E-state index contributed by atoms with van der Waals surface area (Å²) in [5.74, 6) is -0.873. The molecule has 1 aliphatic rings. The van der Waals surface area contributed by atoms with E-state index in [1.54, 1.807) is 11.0 Å². The van der Waals surface area contributed by atoms with Crippen LogP contribution in [0.3, 0.4) is 0 Å². The topological polar surface area (TPSA) is 44.4 Å². The molecule has 24 heavy (non-hydrogen) atoms. The quantitative estimate of drug-likeness (QED) is 0.800. The molecule has 0 bridgehead atoms. The van der Waals surface area contributed by atoms with Crippen LogP contribution >= 0.6 is 0 Å². The predicted octanol–water partition coefficient (Wildman–Crippen LogP) is 3.61. The van der Waals surface area contributed by atoms with E-state index in [-0.39, 0.29) is 24.2 Å². The molecule has 0 aromatic heterocycles. The van der Waals surface area contributed by atoms with E-state index in [1.165, 1.54) is 19.1 Å². The molecule has 134 valence electrons. The van der Waals surface area contributed by atoms with Crippen molar-refractivity contribution in [3.63, 3.8) is 0 Å². The molecule has 4 nitrogen and oxygen atoms in total. The SMILES string of the molecule is CC(=O)Nc1cc(NC2CCN(CCC(F)(F)F)CC2)ccc1F. The van der Waals surface area contributed by atoms with Gasteiger partial charge in [0, 0.05) is 38.3 Å². The van der Waals surface area contributed by atoms with Crippen LogP contribution in [0.2, 0.25) is 0 Å². The van der Waals surface area contributed by atoms with Crippen molar-refractivity contribution < 1.29 is 22.4 Å². The molecule has 1 aromatic rings. The standard InChI is InChI=1S/C16H21F4N3O/c1-11(24)21-15-10-13(2-3-14(15)17)22-12-4-7-23(8-5-12)9-6-16(18,19)20/h2-3,10,12,22H,4-9H2,1H3,(H,21,24). The van der Waals surface area contributed by atoms with Crippen molar-refractivity contribution in [1.82, 2.24) is 4.90 Å². The molecule has 2 N–H and O–H groups in total. The molecule has 0 atom stereocenters. The number of hydrogen-bond donors (Lipinski definition) is 2. The van der Waals surface area contributed by atoms with Crippen molar-refractivity contribution in [1.29, 1.82) is 0 Å². The van der Waals surface area contributed by atoms with Crippen molar-refractivity contribution in [3.05, 3.63) is 24.0 Å². The highest BCUT2D eigenvalue weighted by Crippen LogP contribution is 2.24. The van der Waals surface area contributed by atoms with Gasteiger partial charge in [-0.05, 0) is 31.0 Å². The fourth-order valence-electron chi connectivity index (χ4n) is 2.72. The summed E-state index contributed by atoms with van der Waals surface area (Å²) in [6.07, 6.45) is -3.48. The summed E-state index contributed by atoms with van der Waals surface area (Å²) >= 11 is 0. The Bertz CT molecular complexity index is 569. The van der Waals surface area contributed by atoms with E-state index in [1.807, 2.05) is 0 Å². The molecule has 0 radical (unpaired) electrons. The second-order valence-corrected chi connectivity index (χ2v) is 6.00. The Morgan fingerprint density at radius 2 is 1.96 bits per heavy atom. The Morgan fingerprint density at radius 3 is 2.54 bits per heavy atom. The first kappa shape index (κ1) is 18.5. The van der Waals surface area contributed by atoms with Crippen molar-refractivity contribution in [2.75, 3.05) is 30.3 Å². The molecule has 0 saturated carbocycles. The second kappa shape index (κ2) is 7.83.